The quantitative estimate of drug-likeness (QED) is 0.512. The zero-order chi connectivity index (χ0) is 23.8. The van der Waals surface area contributed by atoms with Crippen molar-refractivity contribution in [2.45, 2.75) is 12.0 Å². The van der Waals surface area contributed by atoms with Crippen LogP contribution in [-0.4, -0.2) is 55.2 Å². The molecule has 3 aromatic carbocycles. The predicted molar refractivity (Wildman–Crippen MR) is 133 cm³/mol. The first kappa shape index (κ1) is 23.5. The Labute approximate surface area is 201 Å². The second kappa shape index (κ2) is 11.0. The molecule has 0 spiro atoms. The second-order valence-electron chi connectivity index (χ2n) is 8.51. The van der Waals surface area contributed by atoms with Gasteiger partial charge in [0, 0.05) is 32.7 Å². The maximum absolute atomic E-state index is 13.2. The van der Waals surface area contributed by atoms with E-state index in [0.29, 0.717) is 23.2 Å². The lowest BCUT2D eigenvalue weighted by Crippen LogP contribution is -2.48. The SMILES string of the molecule is N#Cc1ccccc1N1CCN(CCCNC(=O)C(O)(c2ccccc2)c2ccccc2)CC1. The first-order valence-electron chi connectivity index (χ1n) is 11.7. The number of para-hydroxylation sites is 1. The Hall–Kier alpha value is -3.66. The number of nitriles is 1. The van der Waals surface area contributed by atoms with Crippen LogP contribution in [-0.2, 0) is 10.4 Å². The molecule has 2 N–H and O–H groups in total. The molecule has 0 unspecified atom stereocenters. The van der Waals surface area contributed by atoms with Crippen molar-refractivity contribution in [3.05, 3.63) is 102 Å². The van der Waals surface area contributed by atoms with Crippen LogP contribution in [0.5, 0.6) is 0 Å². The van der Waals surface area contributed by atoms with E-state index in [-0.39, 0.29) is 0 Å². The number of nitrogens with one attached hydrogen (secondary N) is 1. The molecule has 4 rings (SSSR count). The molecule has 1 saturated heterocycles. The molecule has 0 bridgehead atoms. The third-order valence-corrected chi connectivity index (χ3v) is 6.39. The van der Waals surface area contributed by atoms with E-state index in [9.17, 15) is 15.2 Å². The van der Waals surface area contributed by atoms with Gasteiger partial charge in [-0.2, -0.15) is 5.26 Å². The zero-order valence-electron chi connectivity index (χ0n) is 19.2. The van der Waals surface area contributed by atoms with Crippen LogP contribution < -0.4 is 10.2 Å². The van der Waals surface area contributed by atoms with Gasteiger partial charge in [0.05, 0.1) is 11.3 Å². The average Bonchev–Trinajstić information content (AvgIpc) is 2.91. The van der Waals surface area contributed by atoms with E-state index in [2.05, 4.69) is 21.2 Å². The second-order valence-corrected chi connectivity index (χ2v) is 8.51. The van der Waals surface area contributed by atoms with Crippen LogP contribution >= 0.6 is 0 Å². The first-order valence-corrected chi connectivity index (χ1v) is 11.7. The smallest absolute Gasteiger partial charge is 0.261 e. The number of carbonyl (C=O) groups excluding carboxylic acids is 1. The monoisotopic (exact) mass is 454 g/mol. The summed E-state index contributed by atoms with van der Waals surface area (Å²) < 4.78 is 0. The van der Waals surface area contributed by atoms with E-state index in [1.165, 1.54) is 0 Å². The highest BCUT2D eigenvalue weighted by molar-refractivity contribution is 5.90. The van der Waals surface area contributed by atoms with E-state index in [1.54, 1.807) is 24.3 Å². The van der Waals surface area contributed by atoms with Crippen LogP contribution in [0.4, 0.5) is 5.69 Å². The topological polar surface area (TPSA) is 79.6 Å². The van der Waals surface area contributed by atoms with Crippen molar-refractivity contribution in [2.75, 3.05) is 44.2 Å². The van der Waals surface area contributed by atoms with Gasteiger partial charge in [0.2, 0.25) is 0 Å². The van der Waals surface area contributed by atoms with Crippen molar-refractivity contribution in [3.8, 4) is 6.07 Å². The number of benzene rings is 3. The molecule has 6 heteroatoms. The van der Waals surface area contributed by atoms with Crippen LogP contribution in [0.25, 0.3) is 0 Å². The molecule has 0 radical (unpaired) electrons. The normalized spacial score (nSPS) is 14.4. The number of anilines is 1. The molecule has 6 nitrogen and oxygen atoms in total. The molecule has 1 aliphatic rings. The lowest BCUT2D eigenvalue weighted by molar-refractivity contribution is -0.136. The van der Waals surface area contributed by atoms with Gasteiger partial charge in [-0.05, 0) is 36.2 Å². The minimum Gasteiger partial charge on any atom is -0.372 e. The summed E-state index contributed by atoms with van der Waals surface area (Å²) >= 11 is 0. The Kier molecular flexibility index (Phi) is 7.58. The molecule has 0 aliphatic carbocycles. The maximum Gasteiger partial charge on any atom is 0.261 e. The van der Waals surface area contributed by atoms with Crippen LogP contribution in [0.1, 0.15) is 23.1 Å². The summed E-state index contributed by atoms with van der Waals surface area (Å²) in [5.41, 5.74) is 1.07. The molecular weight excluding hydrogens is 424 g/mol. The van der Waals surface area contributed by atoms with Crippen LogP contribution in [0.15, 0.2) is 84.9 Å². The van der Waals surface area contributed by atoms with Crippen molar-refractivity contribution in [2.24, 2.45) is 0 Å². The first-order chi connectivity index (χ1) is 16.6. The number of carbonyl (C=O) groups is 1. The fraction of sp³-hybridized carbons (Fsp3) is 0.286. The lowest BCUT2D eigenvalue weighted by Gasteiger charge is -2.36. The number of amides is 1. The molecule has 1 aliphatic heterocycles. The summed E-state index contributed by atoms with van der Waals surface area (Å²) in [5.74, 6) is -0.414. The van der Waals surface area contributed by atoms with E-state index < -0.39 is 11.5 Å². The van der Waals surface area contributed by atoms with Crippen molar-refractivity contribution in [3.63, 3.8) is 0 Å². The van der Waals surface area contributed by atoms with Crippen molar-refractivity contribution >= 4 is 11.6 Å². The minimum absolute atomic E-state index is 0.414. The highest BCUT2D eigenvalue weighted by atomic mass is 16.3. The van der Waals surface area contributed by atoms with Crippen molar-refractivity contribution in [1.29, 1.82) is 5.26 Å². The third-order valence-electron chi connectivity index (χ3n) is 6.39. The maximum atomic E-state index is 13.2. The lowest BCUT2D eigenvalue weighted by atomic mass is 9.85. The molecular formula is C28H30N4O2. The number of hydrogen-bond donors (Lipinski definition) is 2. The Morgan fingerprint density at radius 2 is 1.44 bits per heavy atom. The van der Waals surface area contributed by atoms with Gasteiger partial charge in [0.1, 0.15) is 6.07 Å². The fourth-order valence-electron chi connectivity index (χ4n) is 4.48. The largest absolute Gasteiger partial charge is 0.372 e. The molecule has 0 atom stereocenters. The van der Waals surface area contributed by atoms with Gasteiger partial charge in [-0.3, -0.25) is 9.69 Å². The van der Waals surface area contributed by atoms with E-state index in [1.807, 2.05) is 60.7 Å². The fourth-order valence-corrected chi connectivity index (χ4v) is 4.48. The Balaban J connectivity index is 1.30. The minimum atomic E-state index is -1.73. The molecule has 1 fully saturated rings. The van der Waals surface area contributed by atoms with E-state index in [4.69, 9.17) is 0 Å². The molecule has 1 amide bonds. The molecule has 34 heavy (non-hydrogen) atoms. The van der Waals surface area contributed by atoms with E-state index in [0.717, 1.165) is 44.8 Å². The number of piperazine rings is 1. The highest BCUT2D eigenvalue weighted by Crippen LogP contribution is 2.29. The summed E-state index contributed by atoms with van der Waals surface area (Å²) in [6.07, 6.45) is 0.792. The van der Waals surface area contributed by atoms with Gasteiger partial charge >= 0.3 is 0 Å². The van der Waals surface area contributed by atoms with Gasteiger partial charge in [0.15, 0.2) is 5.60 Å². The van der Waals surface area contributed by atoms with Crippen molar-refractivity contribution in [1.82, 2.24) is 10.2 Å². The number of hydrogen-bond acceptors (Lipinski definition) is 5. The molecule has 174 valence electrons. The summed E-state index contributed by atoms with van der Waals surface area (Å²) in [6, 6.07) is 28.1. The Morgan fingerprint density at radius 3 is 2.03 bits per heavy atom. The summed E-state index contributed by atoms with van der Waals surface area (Å²) in [7, 11) is 0. The average molecular weight is 455 g/mol. The van der Waals surface area contributed by atoms with Gasteiger partial charge in [-0.1, -0.05) is 72.8 Å². The molecule has 3 aromatic rings. The molecule has 0 saturated carbocycles. The van der Waals surface area contributed by atoms with E-state index >= 15 is 0 Å². The summed E-state index contributed by atoms with van der Waals surface area (Å²) in [4.78, 5) is 17.8. The van der Waals surface area contributed by atoms with Crippen LogP contribution in [0, 0.1) is 11.3 Å². The van der Waals surface area contributed by atoms with Crippen LogP contribution in [0.3, 0.4) is 0 Å². The molecule has 0 aromatic heterocycles. The molecule has 1 heterocycles. The summed E-state index contributed by atoms with van der Waals surface area (Å²) in [5, 5.41) is 23.8. The van der Waals surface area contributed by atoms with Gasteiger partial charge in [-0.25, -0.2) is 0 Å². The van der Waals surface area contributed by atoms with Gasteiger partial charge in [0.25, 0.3) is 5.91 Å². The third kappa shape index (κ3) is 5.12. The number of rotatable bonds is 8. The number of aliphatic hydroxyl groups is 1. The zero-order valence-corrected chi connectivity index (χ0v) is 19.2. The standard InChI is InChI=1S/C28H30N4O2/c29-22-23-10-7-8-15-26(23)32-20-18-31(19-21-32)17-9-16-30-27(33)28(34,24-11-3-1-4-12-24)25-13-5-2-6-14-25/h1-8,10-15,34H,9,16-21H2,(H,30,33). The Morgan fingerprint density at radius 1 is 0.882 bits per heavy atom. The number of nitrogens with zero attached hydrogens (tertiary/aromatic N) is 3. The highest BCUT2D eigenvalue weighted by Gasteiger charge is 2.39. The van der Waals surface area contributed by atoms with Gasteiger partial charge < -0.3 is 15.3 Å². The van der Waals surface area contributed by atoms with Gasteiger partial charge in [-0.15, -0.1) is 0 Å². The summed E-state index contributed by atoms with van der Waals surface area (Å²) in [6.45, 7) is 4.90. The van der Waals surface area contributed by atoms with Crippen molar-refractivity contribution < 1.29 is 9.90 Å². The van der Waals surface area contributed by atoms with Crippen LogP contribution in [0.2, 0.25) is 0 Å². The predicted octanol–water partition coefficient (Wildman–Crippen LogP) is 3.12. The Bertz CT molecular complexity index is 1080.